The molecule has 5 nitrogen and oxygen atoms in total. The fourth-order valence-electron chi connectivity index (χ4n) is 4.21. The van der Waals surface area contributed by atoms with Crippen LogP contribution in [-0.4, -0.2) is 48.3 Å². The van der Waals surface area contributed by atoms with Gasteiger partial charge in [-0.25, -0.2) is 0 Å². The standard InChI is InChI=1S/C18H23NO4/c1-11(20)14(21)10-18-6-7-19(2)13(9-18)8-12-4-5-15(23-3)17(22)16(12)18/h4-5,13,22H,6-10H2,1-3H3. The van der Waals surface area contributed by atoms with E-state index in [1.54, 1.807) is 6.07 Å². The van der Waals surface area contributed by atoms with Crippen molar-refractivity contribution >= 4 is 11.6 Å². The molecular formula is C18H23NO4. The number of piperidine rings is 1. The summed E-state index contributed by atoms with van der Waals surface area (Å²) in [5.41, 5.74) is 1.41. The van der Waals surface area contributed by atoms with Gasteiger partial charge in [-0.2, -0.15) is 0 Å². The SMILES string of the molecule is COc1ccc2c(c1O)C1(CC(=O)C(C)=O)CCN(C)C(C2)C1. The molecule has 124 valence electrons. The molecule has 2 bridgehead atoms. The molecule has 1 fully saturated rings. The van der Waals surface area contributed by atoms with Crippen LogP contribution in [0.5, 0.6) is 11.5 Å². The highest BCUT2D eigenvalue weighted by Crippen LogP contribution is 2.52. The first-order valence-corrected chi connectivity index (χ1v) is 8.01. The molecule has 0 radical (unpaired) electrons. The van der Waals surface area contributed by atoms with Crippen molar-refractivity contribution in [1.29, 1.82) is 0 Å². The third-order valence-electron chi connectivity index (χ3n) is 5.52. The van der Waals surface area contributed by atoms with E-state index in [0.29, 0.717) is 11.8 Å². The summed E-state index contributed by atoms with van der Waals surface area (Å²) in [5.74, 6) is -0.215. The summed E-state index contributed by atoms with van der Waals surface area (Å²) in [5, 5.41) is 10.7. The minimum atomic E-state index is -0.466. The van der Waals surface area contributed by atoms with E-state index in [0.717, 1.165) is 36.9 Å². The van der Waals surface area contributed by atoms with E-state index in [1.165, 1.54) is 14.0 Å². The largest absolute Gasteiger partial charge is 0.504 e. The number of likely N-dealkylation sites (N-methyl/N-ethyl adjacent to an activating group) is 1. The molecule has 1 aromatic rings. The lowest BCUT2D eigenvalue weighted by atomic mass is 9.61. The van der Waals surface area contributed by atoms with Crippen LogP contribution < -0.4 is 4.74 Å². The van der Waals surface area contributed by atoms with Gasteiger partial charge in [0.25, 0.3) is 0 Å². The second kappa shape index (κ2) is 5.64. The Balaban J connectivity index is 2.14. The predicted molar refractivity (Wildman–Crippen MR) is 86.0 cm³/mol. The minimum absolute atomic E-state index is 0.129. The molecule has 2 unspecified atom stereocenters. The lowest BCUT2D eigenvalue weighted by Crippen LogP contribution is -2.52. The van der Waals surface area contributed by atoms with Gasteiger partial charge < -0.3 is 14.7 Å². The van der Waals surface area contributed by atoms with Gasteiger partial charge in [0.15, 0.2) is 23.1 Å². The minimum Gasteiger partial charge on any atom is -0.504 e. The predicted octanol–water partition coefficient (Wildman–Crippen LogP) is 1.84. The van der Waals surface area contributed by atoms with Gasteiger partial charge in [-0.05, 0) is 44.5 Å². The van der Waals surface area contributed by atoms with Gasteiger partial charge in [-0.15, -0.1) is 0 Å². The molecule has 1 saturated heterocycles. The molecule has 2 atom stereocenters. The fraction of sp³-hybridized carbons (Fsp3) is 0.556. The maximum atomic E-state index is 12.2. The summed E-state index contributed by atoms with van der Waals surface area (Å²) >= 11 is 0. The van der Waals surface area contributed by atoms with E-state index in [9.17, 15) is 14.7 Å². The lowest BCUT2D eigenvalue weighted by Gasteiger charge is -2.50. The number of ether oxygens (including phenoxy) is 1. The Bertz CT molecular complexity index is 669. The third-order valence-corrected chi connectivity index (χ3v) is 5.52. The highest BCUT2D eigenvalue weighted by Gasteiger charge is 2.48. The molecule has 1 heterocycles. The number of likely N-dealkylation sites (tertiary alicyclic amines) is 1. The number of methoxy groups -OCH3 is 1. The molecule has 0 saturated carbocycles. The number of benzene rings is 1. The van der Waals surface area contributed by atoms with Crippen molar-refractivity contribution in [3.63, 3.8) is 0 Å². The van der Waals surface area contributed by atoms with Crippen molar-refractivity contribution in [3.8, 4) is 11.5 Å². The molecule has 1 aliphatic heterocycles. The molecule has 2 aliphatic rings. The van der Waals surface area contributed by atoms with E-state index in [2.05, 4.69) is 11.9 Å². The lowest BCUT2D eigenvalue weighted by molar-refractivity contribution is -0.136. The zero-order valence-electron chi connectivity index (χ0n) is 13.9. The zero-order chi connectivity index (χ0) is 16.8. The fourth-order valence-corrected chi connectivity index (χ4v) is 4.21. The van der Waals surface area contributed by atoms with E-state index < -0.39 is 11.2 Å². The van der Waals surface area contributed by atoms with E-state index in [1.807, 2.05) is 6.07 Å². The van der Waals surface area contributed by atoms with Crippen LogP contribution in [0.25, 0.3) is 0 Å². The number of rotatable bonds is 4. The summed E-state index contributed by atoms with van der Waals surface area (Å²) in [4.78, 5) is 26.0. The number of fused-ring (bicyclic) bond motifs is 4. The Labute approximate surface area is 136 Å². The number of hydrogen-bond donors (Lipinski definition) is 1. The van der Waals surface area contributed by atoms with Gasteiger partial charge in [-0.3, -0.25) is 9.59 Å². The topological polar surface area (TPSA) is 66.8 Å². The first kappa shape index (κ1) is 16.0. The van der Waals surface area contributed by atoms with Crippen molar-refractivity contribution in [2.75, 3.05) is 20.7 Å². The van der Waals surface area contributed by atoms with Crippen LogP contribution in [0.1, 0.15) is 37.3 Å². The van der Waals surface area contributed by atoms with Crippen molar-refractivity contribution in [1.82, 2.24) is 4.90 Å². The van der Waals surface area contributed by atoms with Crippen LogP contribution in [0.15, 0.2) is 12.1 Å². The molecule has 23 heavy (non-hydrogen) atoms. The van der Waals surface area contributed by atoms with Crippen molar-refractivity contribution in [2.24, 2.45) is 0 Å². The van der Waals surface area contributed by atoms with Crippen LogP contribution in [-0.2, 0) is 21.4 Å². The number of aromatic hydroxyl groups is 1. The second-order valence-electron chi connectivity index (χ2n) is 6.88. The van der Waals surface area contributed by atoms with Gasteiger partial charge in [-0.1, -0.05) is 6.07 Å². The van der Waals surface area contributed by atoms with E-state index in [-0.39, 0.29) is 18.0 Å². The van der Waals surface area contributed by atoms with Gasteiger partial charge in [0.2, 0.25) is 0 Å². The molecule has 1 aliphatic carbocycles. The summed E-state index contributed by atoms with van der Waals surface area (Å²) in [6.45, 7) is 2.17. The number of hydrogen-bond acceptors (Lipinski definition) is 5. The summed E-state index contributed by atoms with van der Waals surface area (Å²) in [6, 6.07) is 4.09. The highest BCUT2D eigenvalue weighted by atomic mass is 16.5. The highest BCUT2D eigenvalue weighted by molar-refractivity contribution is 6.36. The number of phenolic OH excluding ortho intramolecular Hbond substituents is 1. The van der Waals surface area contributed by atoms with Crippen molar-refractivity contribution < 1.29 is 19.4 Å². The summed E-state index contributed by atoms with van der Waals surface area (Å²) < 4.78 is 5.26. The Morgan fingerprint density at radius 1 is 1.43 bits per heavy atom. The zero-order valence-corrected chi connectivity index (χ0v) is 13.9. The van der Waals surface area contributed by atoms with Gasteiger partial charge in [0.05, 0.1) is 7.11 Å². The molecule has 0 spiro atoms. The van der Waals surface area contributed by atoms with Crippen LogP contribution in [0.4, 0.5) is 0 Å². The number of phenols is 1. The average Bonchev–Trinajstić information content (AvgIpc) is 2.51. The monoisotopic (exact) mass is 317 g/mol. The molecular weight excluding hydrogens is 294 g/mol. The second-order valence-corrected chi connectivity index (χ2v) is 6.88. The third kappa shape index (κ3) is 2.53. The van der Waals surface area contributed by atoms with Crippen LogP contribution in [0.3, 0.4) is 0 Å². The number of ketones is 2. The van der Waals surface area contributed by atoms with Crippen molar-refractivity contribution in [2.45, 2.75) is 44.1 Å². The quantitative estimate of drug-likeness (QED) is 0.858. The normalized spacial score (nSPS) is 26.5. The van der Waals surface area contributed by atoms with Crippen molar-refractivity contribution in [3.05, 3.63) is 23.3 Å². The molecule has 0 aromatic heterocycles. The van der Waals surface area contributed by atoms with Gasteiger partial charge in [0.1, 0.15) is 0 Å². The number of nitrogens with zero attached hydrogens (tertiary/aromatic N) is 1. The first-order valence-electron chi connectivity index (χ1n) is 8.01. The average molecular weight is 317 g/mol. The van der Waals surface area contributed by atoms with Crippen LogP contribution in [0, 0.1) is 0 Å². The van der Waals surface area contributed by atoms with Gasteiger partial charge >= 0.3 is 0 Å². The Kier molecular flexibility index (Phi) is 3.92. The maximum Gasteiger partial charge on any atom is 0.198 e. The van der Waals surface area contributed by atoms with Gasteiger partial charge in [0, 0.05) is 30.4 Å². The molecule has 1 N–H and O–H groups in total. The molecule has 3 rings (SSSR count). The Morgan fingerprint density at radius 2 is 2.17 bits per heavy atom. The number of carbonyl (C=O) groups excluding carboxylic acids is 2. The Morgan fingerprint density at radius 3 is 2.83 bits per heavy atom. The van der Waals surface area contributed by atoms with Crippen LogP contribution in [0.2, 0.25) is 0 Å². The summed E-state index contributed by atoms with van der Waals surface area (Å²) in [7, 11) is 3.62. The maximum absolute atomic E-state index is 12.2. The summed E-state index contributed by atoms with van der Waals surface area (Å²) in [6.07, 6.45) is 2.56. The molecule has 5 heteroatoms. The van der Waals surface area contributed by atoms with E-state index >= 15 is 0 Å². The number of carbonyl (C=O) groups is 2. The molecule has 0 amide bonds. The smallest absolute Gasteiger partial charge is 0.198 e. The van der Waals surface area contributed by atoms with Crippen LogP contribution >= 0.6 is 0 Å². The Hall–Kier alpha value is -1.88. The molecule has 1 aromatic carbocycles. The number of Topliss-reactive ketones (excluding diaryl/α,β-unsaturated/α-hetero) is 2. The first-order chi connectivity index (χ1) is 10.9. The van der Waals surface area contributed by atoms with E-state index in [4.69, 9.17) is 4.74 Å².